The standard InChI is InChI=1S/C17H16N4O4/c22-17-15(21(23)24)16(19-14-9-4-5-11-20(14)17)18-10-6-12-25-13-7-2-1-3-8-13/h1-5,7-9,11,18H,6,10,12H2. The summed E-state index contributed by atoms with van der Waals surface area (Å²) in [4.78, 5) is 27.0. The maximum Gasteiger partial charge on any atom is 0.376 e. The Morgan fingerprint density at radius 3 is 2.68 bits per heavy atom. The van der Waals surface area contributed by atoms with E-state index in [0.29, 0.717) is 25.2 Å². The fourth-order valence-electron chi connectivity index (χ4n) is 2.35. The van der Waals surface area contributed by atoms with Crippen LogP contribution in [0.1, 0.15) is 6.42 Å². The molecule has 0 radical (unpaired) electrons. The second kappa shape index (κ2) is 7.43. The molecule has 0 saturated heterocycles. The van der Waals surface area contributed by atoms with Gasteiger partial charge in [0.2, 0.25) is 5.82 Å². The van der Waals surface area contributed by atoms with Gasteiger partial charge in [0.1, 0.15) is 11.4 Å². The van der Waals surface area contributed by atoms with Gasteiger partial charge >= 0.3 is 11.2 Å². The maximum atomic E-state index is 12.3. The van der Waals surface area contributed by atoms with Gasteiger partial charge < -0.3 is 10.1 Å². The molecule has 0 unspecified atom stereocenters. The summed E-state index contributed by atoms with van der Waals surface area (Å²) in [6.45, 7) is 0.834. The van der Waals surface area contributed by atoms with Crippen LogP contribution < -0.4 is 15.6 Å². The zero-order chi connectivity index (χ0) is 17.6. The number of rotatable bonds is 7. The van der Waals surface area contributed by atoms with E-state index in [0.717, 1.165) is 10.2 Å². The molecule has 0 amide bonds. The molecule has 1 aromatic carbocycles. The number of pyridine rings is 1. The molecule has 8 heteroatoms. The van der Waals surface area contributed by atoms with Crippen LogP contribution in [-0.4, -0.2) is 27.5 Å². The Morgan fingerprint density at radius 1 is 1.16 bits per heavy atom. The van der Waals surface area contributed by atoms with Crippen molar-refractivity contribution in [1.29, 1.82) is 0 Å². The van der Waals surface area contributed by atoms with Crippen LogP contribution >= 0.6 is 0 Å². The van der Waals surface area contributed by atoms with E-state index < -0.39 is 16.2 Å². The van der Waals surface area contributed by atoms with Gasteiger partial charge in [-0.05, 0) is 30.7 Å². The van der Waals surface area contributed by atoms with E-state index in [4.69, 9.17) is 4.74 Å². The summed E-state index contributed by atoms with van der Waals surface area (Å²) in [7, 11) is 0. The molecule has 0 saturated carbocycles. The average molecular weight is 340 g/mol. The number of nitrogens with one attached hydrogen (secondary N) is 1. The molecule has 0 bridgehead atoms. The first-order chi connectivity index (χ1) is 12.2. The van der Waals surface area contributed by atoms with Crippen molar-refractivity contribution in [2.75, 3.05) is 18.5 Å². The normalized spacial score (nSPS) is 10.6. The monoisotopic (exact) mass is 340 g/mol. The first kappa shape index (κ1) is 16.4. The smallest absolute Gasteiger partial charge is 0.376 e. The van der Waals surface area contributed by atoms with E-state index in [1.165, 1.54) is 6.20 Å². The van der Waals surface area contributed by atoms with Crippen molar-refractivity contribution in [2.24, 2.45) is 0 Å². The number of anilines is 1. The zero-order valence-corrected chi connectivity index (χ0v) is 13.3. The molecule has 8 nitrogen and oxygen atoms in total. The number of hydrogen-bond donors (Lipinski definition) is 1. The van der Waals surface area contributed by atoms with Crippen molar-refractivity contribution in [3.8, 4) is 5.75 Å². The van der Waals surface area contributed by atoms with Crippen LogP contribution in [0.5, 0.6) is 5.75 Å². The molecule has 3 aromatic rings. The molecular formula is C17H16N4O4. The van der Waals surface area contributed by atoms with E-state index in [9.17, 15) is 14.9 Å². The zero-order valence-electron chi connectivity index (χ0n) is 13.3. The minimum Gasteiger partial charge on any atom is -0.494 e. The highest BCUT2D eigenvalue weighted by Gasteiger charge is 2.22. The van der Waals surface area contributed by atoms with Crippen LogP contribution in [0.4, 0.5) is 11.5 Å². The molecular weight excluding hydrogens is 324 g/mol. The number of aromatic nitrogens is 2. The summed E-state index contributed by atoms with van der Waals surface area (Å²) in [5.74, 6) is 0.733. The molecule has 2 heterocycles. The lowest BCUT2D eigenvalue weighted by Crippen LogP contribution is -2.21. The maximum absolute atomic E-state index is 12.3. The molecule has 0 aliphatic rings. The van der Waals surface area contributed by atoms with Crippen molar-refractivity contribution >= 4 is 17.2 Å². The topological polar surface area (TPSA) is 98.8 Å². The first-order valence-electron chi connectivity index (χ1n) is 7.74. The second-order valence-corrected chi connectivity index (χ2v) is 5.24. The molecule has 1 N–H and O–H groups in total. The van der Waals surface area contributed by atoms with Gasteiger partial charge in [-0.1, -0.05) is 24.3 Å². The quantitative estimate of drug-likeness (QED) is 0.403. The van der Waals surface area contributed by atoms with E-state index in [1.807, 2.05) is 30.3 Å². The predicted octanol–water partition coefficient (Wildman–Crippen LogP) is 2.48. The van der Waals surface area contributed by atoms with Crippen LogP contribution in [0.15, 0.2) is 59.5 Å². The molecule has 25 heavy (non-hydrogen) atoms. The highest BCUT2D eigenvalue weighted by molar-refractivity contribution is 5.59. The Hall–Kier alpha value is -3.42. The van der Waals surface area contributed by atoms with Crippen LogP contribution in [-0.2, 0) is 0 Å². The average Bonchev–Trinajstić information content (AvgIpc) is 2.62. The summed E-state index contributed by atoms with van der Waals surface area (Å²) >= 11 is 0. The van der Waals surface area contributed by atoms with Crippen molar-refractivity contribution in [3.05, 3.63) is 75.2 Å². The van der Waals surface area contributed by atoms with Gasteiger partial charge in [-0.3, -0.25) is 19.3 Å². The molecule has 0 aliphatic heterocycles. The first-order valence-corrected chi connectivity index (χ1v) is 7.74. The van der Waals surface area contributed by atoms with Crippen molar-refractivity contribution in [2.45, 2.75) is 6.42 Å². The highest BCUT2D eigenvalue weighted by Crippen LogP contribution is 2.18. The number of benzene rings is 1. The lowest BCUT2D eigenvalue weighted by Gasteiger charge is -2.09. The summed E-state index contributed by atoms with van der Waals surface area (Å²) < 4.78 is 6.71. The van der Waals surface area contributed by atoms with Crippen LogP contribution in [0, 0.1) is 10.1 Å². The van der Waals surface area contributed by atoms with Gasteiger partial charge in [-0.15, -0.1) is 0 Å². The number of ether oxygens (including phenoxy) is 1. The van der Waals surface area contributed by atoms with Gasteiger partial charge in [-0.2, -0.15) is 0 Å². The summed E-state index contributed by atoms with van der Waals surface area (Å²) in [6.07, 6.45) is 2.05. The third-order valence-electron chi connectivity index (χ3n) is 3.52. The van der Waals surface area contributed by atoms with Crippen LogP contribution in [0.3, 0.4) is 0 Å². The number of hydrogen-bond acceptors (Lipinski definition) is 6. The summed E-state index contributed by atoms with van der Waals surface area (Å²) in [5.41, 5.74) is -0.924. The van der Waals surface area contributed by atoms with Crippen molar-refractivity contribution in [3.63, 3.8) is 0 Å². The lowest BCUT2D eigenvalue weighted by atomic mass is 10.3. The lowest BCUT2D eigenvalue weighted by molar-refractivity contribution is -0.385. The fourth-order valence-corrected chi connectivity index (χ4v) is 2.35. The van der Waals surface area contributed by atoms with E-state index in [1.54, 1.807) is 18.2 Å². The molecule has 2 aromatic heterocycles. The number of nitro groups is 1. The Kier molecular flexibility index (Phi) is 4.89. The van der Waals surface area contributed by atoms with Gasteiger partial charge in [0.05, 0.1) is 11.5 Å². The Morgan fingerprint density at radius 2 is 1.92 bits per heavy atom. The SMILES string of the molecule is O=c1c([N+](=O)[O-])c(NCCCOc2ccccc2)nc2ccccn12. The van der Waals surface area contributed by atoms with Crippen LogP contribution in [0.2, 0.25) is 0 Å². The van der Waals surface area contributed by atoms with E-state index in [2.05, 4.69) is 10.3 Å². The van der Waals surface area contributed by atoms with E-state index in [-0.39, 0.29) is 5.82 Å². The molecule has 0 atom stereocenters. The van der Waals surface area contributed by atoms with Crippen molar-refractivity contribution in [1.82, 2.24) is 9.38 Å². The number of fused-ring (bicyclic) bond motifs is 1. The third kappa shape index (κ3) is 3.74. The molecule has 3 rings (SSSR count). The largest absolute Gasteiger partial charge is 0.494 e. The van der Waals surface area contributed by atoms with Gasteiger partial charge in [0.25, 0.3) is 0 Å². The summed E-state index contributed by atoms with van der Waals surface area (Å²) in [5, 5.41) is 14.1. The van der Waals surface area contributed by atoms with Crippen LogP contribution in [0.25, 0.3) is 5.65 Å². The molecule has 0 fully saturated rings. The number of nitrogens with zero attached hydrogens (tertiary/aromatic N) is 3. The minimum atomic E-state index is -0.711. The summed E-state index contributed by atoms with van der Waals surface area (Å²) in [6, 6.07) is 14.3. The van der Waals surface area contributed by atoms with Gasteiger partial charge in [0, 0.05) is 12.7 Å². The van der Waals surface area contributed by atoms with Gasteiger partial charge in [-0.25, -0.2) is 4.98 Å². The molecule has 128 valence electrons. The predicted molar refractivity (Wildman–Crippen MR) is 93.2 cm³/mol. The Balaban J connectivity index is 1.69. The molecule has 0 aliphatic carbocycles. The fraction of sp³-hybridized carbons (Fsp3) is 0.176. The number of para-hydroxylation sites is 1. The third-order valence-corrected chi connectivity index (χ3v) is 3.52. The molecule has 0 spiro atoms. The van der Waals surface area contributed by atoms with Gasteiger partial charge in [0.15, 0.2) is 0 Å². The van der Waals surface area contributed by atoms with E-state index >= 15 is 0 Å². The Bertz CT molecular complexity index is 940. The van der Waals surface area contributed by atoms with Crippen molar-refractivity contribution < 1.29 is 9.66 Å². The Labute approximate surface area is 142 Å². The minimum absolute atomic E-state index is 0.0269. The second-order valence-electron chi connectivity index (χ2n) is 5.24. The highest BCUT2D eigenvalue weighted by atomic mass is 16.6.